The number of anilines is 1. The maximum absolute atomic E-state index is 9.68. The second-order valence-corrected chi connectivity index (χ2v) is 5.20. The summed E-state index contributed by atoms with van der Waals surface area (Å²) in [5.74, 6) is 0.669. The molecule has 0 fully saturated rings. The van der Waals surface area contributed by atoms with E-state index in [1.54, 1.807) is 13.2 Å². The maximum atomic E-state index is 9.68. The molecule has 112 valence electrons. The number of hydrogen-bond acceptors (Lipinski definition) is 3. The van der Waals surface area contributed by atoms with Crippen molar-refractivity contribution in [3.63, 3.8) is 0 Å². The van der Waals surface area contributed by atoms with Gasteiger partial charge in [-0.25, -0.2) is 0 Å². The number of ether oxygens (including phenoxy) is 1. The molecule has 0 saturated carbocycles. The summed E-state index contributed by atoms with van der Waals surface area (Å²) in [7, 11) is 1.56. The van der Waals surface area contributed by atoms with Crippen LogP contribution in [0.25, 0.3) is 0 Å². The summed E-state index contributed by atoms with van der Waals surface area (Å²) in [6.45, 7) is 4.29. The molecule has 0 aliphatic rings. The summed E-state index contributed by atoms with van der Waals surface area (Å²) in [5, 5.41) is 13.2. The summed E-state index contributed by atoms with van der Waals surface area (Å²) in [4.78, 5) is 0. The number of aryl methyl sites for hydroxylation is 1. The van der Waals surface area contributed by atoms with Gasteiger partial charge >= 0.3 is 0 Å². The van der Waals surface area contributed by atoms with Crippen LogP contribution in [-0.2, 0) is 6.42 Å². The van der Waals surface area contributed by atoms with Gasteiger partial charge in [-0.05, 0) is 42.7 Å². The summed E-state index contributed by atoms with van der Waals surface area (Å²) in [6, 6.07) is 14.0. The Labute approximate surface area is 126 Å². The van der Waals surface area contributed by atoms with Gasteiger partial charge in [0.2, 0.25) is 0 Å². The molecule has 0 aliphatic heterocycles. The molecule has 0 bridgehead atoms. The van der Waals surface area contributed by atoms with Gasteiger partial charge in [-0.2, -0.15) is 0 Å². The van der Waals surface area contributed by atoms with E-state index in [9.17, 15) is 5.11 Å². The molecule has 0 aliphatic carbocycles. The number of benzene rings is 2. The average Bonchev–Trinajstić information content (AvgIpc) is 2.50. The smallest absolute Gasteiger partial charge is 0.160 e. The molecular formula is C18H23NO2. The number of aromatic hydroxyl groups is 1. The van der Waals surface area contributed by atoms with Crippen molar-refractivity contribution in [1.29, 1.82) is 0 Å². The van der Waals surface area contributed by atoms with E-state index in [1.165, 1.54) is 11.3 Å². The Kier molecular flexibility index (Phi) is 5.09. The fourth-order valence-corrected chi connectivity index (χ4v) is 2.43. The molecule has 1 atom stereocenters. The van der Waals surface area contributed by atoms with Gasteiger partial charge in [0.25, 0.3) is 0 Å². The first-order valence-electron chi connectivity index (χ1n) is 7.37. The molecule has 2 aromatic rings. The van der Waals surface area contributed by atoms with Crippen LogP contribution >= 0.6 is 0 Å². The van der Waals surface area contributed by atoms with Crippen molar-refractivity contribution in [3.05, 3.63) is 53.6 Å². The quantitative estimate of drug-likeness (QED) is 0.819. The molecule has 2 rings (SSSR count). The number of nitrogens with one attached hydrogen (secondary N) is 1. The minimum Gasteiger partial charge on any atom is -0.504 e. The minimum absolute atomic E-state index is 0.137. The lowest BCUT2D eigenvalue weighted by Crippen LogP contribution is -2.08. The first-order valence-corrected chi connectivity index (χ1v) is 7.37. The fourth-order valence-electron chi connectivity index (χ4n) is 2.43. The van der Waals surface area contributed by atoms with Gasteiger partial charge in [0.15, 0.2) is 11.5 Å². The first-order chi connectivity index (χ1) is 10.2. The van der Waals surface area contributed by atoms with Crippen LogP contribution in [0, 0.1) is 0 Å². The van der Waals surface area contributed by atoms with E-state index in [4.69, 9.17) is 4.74 Å². The van der Waals surface area contributed by atoms with Gasteiger partial charge in [0, 0.05) is 11.7 Å². The Morgan fingerprint density at radius 1 is 1.19 bits per heavy atom. The number of hydrogen-bond donors (Lipinski definition) is 2. The Hall–Kier alpha value is -2.16. The summed E-state index contributed by atoms with van der Waals surface area (Å²) in [5.41, 5.74) is 3.58. The maximum Gasteiger partial charge on any atom is 0.160 e. The molecule has 0 radical (unpaired) electrons. The van der Waals surface area contributed by atoms with Gasteiger partial charge in [-0.3, -0.25) is 0 Å². The number of phenolic OH excluding ortho intramolecular Hbond substituents is 1. The van der Waals surface area contributed by atoms with Crippen LogP contribution in [0.2, 0.25) is 0 Å². The summed E-state index contributed by atoms with van der Waals surface area (Å²) in [6.07, 6.45) is 2.19. The van der Waals surface area contributed by atoms with Gasteiger partial charge < -0.3 is 15.2 Å². The first kappa shape index (κ1) is 15.2. The van der Waals surface area contributed by atoms with E-state index in [-0.39, 0.29) is 11.8 Å². The normalized spacial score (nSPS) is 12.0. The second-order valence-electron chi connectivity index (χ2n) is 5.20. The lowest BCUT2D eigenvalue weighted by Gasteiger charge is -2.19. The van der Waals surface area contributed by atoms with Crippen molar-refractivity contribution >= 4 is 5.69 Å². The molecule has 1 unspecified atom stereocenters. The van der Waals surface area contributed by atoms with Gasteiger partial charge in [-0.15, -0.1) is 0 Å². The van der Waals surface area contributed by atoms with Crippen LogP contribution < -0.4 is 10.1 Å². The van der Waals surface area contributed by atoms with Gasteiger partial charge in [0.1, 0.15) is 0 Å². The summed E-state index contributed by atoms with van der Waals surface area (Å²) >= 11 is 0. The van der Waals surface area contributed by atoms with Crippen LogP contribution in [0.4, 0.5) is 5.69 Å². The molecule has 2 aromatic carbocycles. The molecular weight excluding hydrogens is 262 g/mol. The number of para-hydroxylation sites is 1. The highest BCUT2D eigenvalue weighted by Gasteiger charge is 2.10. The van der Waals surface area contributed by atoms with E-state index in [1.807, 2.05) is 18.2 Å². The van der Waals surface area contributed by atoms with Crippen LogP contribution in [0.5, 0.6) is 11.5 Å². The van der Waals surface area contributed by atoms with E-state index in [0.29, 0.717) is 5.75 Å². The van der Waals surface area contributed by atoms with Crippen molar-refractivity contribution in [2.75, 3.05) is 12.4 Å². The van der Waals surface area contributed by atoms with Gasteiger partial charge in [-0.1, -0.05) is 37.6 Å². The zero-order valence-electron chi connectivity index (χ0n) is 12.9. The monoisotopic (exact) mass is 285 g/mol. The third kappa shape index (κ3) is 3.69. The number of rotatable bonds is 6. The Balaban J connectivity index is 2.20. The van der Waals surface area contributed by atoms with Crippen molar-refractivity contribution in [3.8, 4) is 11.5 Å². The fraction of sp³-hybridized carbons (Fsp3) is 0.333. The zero-order valence-corrected chi connectivity index (χ0v) is 12.9. The minimum atomic E-state index is 0.137. The van der Waals surface area contributed by atoms with E-state index in [0.717, 1.165) is 18.4 Å². The standard InChI is InChI=1S/C18H23NO2/c1-4-7-14-8-5-6-9-16(14)19-13(2)15-10-11-17(20)18(12-15)21-3/h5-6,8-13,19-20H,4,7H2,1-3H3. The average molecular weight is 285 g/mol. The molecule has 0 spiro atoms. The van der Waals surface area contributed by atoms with E-state index in [2.05, 4.69) is 37.4 Å². The molecule has 3 heteroatoms. The van der Waals surface area contributed by atoms with Crippen molar-refractivity contribution < 1.29 is 9.84 Å². The van der Waals surface area contributed by atoms with Crippen molar-refractivity contribution in [1.82, 2.24) is 0 Å². The highest BCUT2D eigenvalue weighted by molar-refractivity contribution is 5.53. The Morgan fingerprint density at radius 2 is 1.95 bits per heavy atom. The molecule has 21 heavy (non-hydrogen) atoms. The van der Waals surface area contributed by atoms with Crippen molar-refractivity contribution in [2.24, 2.45) is 0 Å². The highest BCUT2D eigenvalue weighted by Crippen LogP contribution is 2.30. The Bertz CT molecular complexity index is 596. The van der Waals surface area contributed by atoms with Crippen LogP contribution in [0.1, 0.15) is 37.4 Å². The molecule has 0 amide bonds. The lowest BCUT2D eigenvalue weighted by atomic mass is 10.0. The van der Waals surface area contributed by atoms with Crippen LogP contribution in [-0.4, -0.2) is 12.2 Å². The molecule has 0 aromatic heterocycles. The zero-order chi connectivity index (χ0) is 15.2. The number of methoxy groups -OCH3 is 1. The lowest BCUT2D eigenvalue weighted by molar-refractivity contribution is 0.373. The molecule has 2 N–H and O–H groups in total. The third-order valence-corrected chi connectivity index (χ3v) is 3.61. The Morgan fingerprint density at radius 3 is 2.67 bits per heavy atom. The topological polar surface area (TPSA) is 41.5 Å². The molecule has 0 heterocycles. The second kappa shape index (κ2) is 7.02. The van der Waals surface area contributed by atoms with Crippen LogP contribution in [0.3, 0.4) is 0 Å². The predicted molar refractivity (Wildman–Crippen MR) is 87.1 cm³/mol. The predicted octanol–water partition coefficient (Wildman–Crippen LogP) is 4.53. The van der Waals surface area contributed by atoms with Crippen molar-refractivity contribution in [2.45, 2.75) is 32.7 Å². The third-order valence-electron chi connectivity index (χ3n) is 3.61. The largest absolute Gasteiger partial charge is 0.504 e. The van der Waals surface area contributed by atoms with E-state index < -0.39 is 0 Å². The highest BCUT2D eigenvalue weighted by atomic mass is 16.5. The number of phenols is 1. The summed E-state index contributed by atoms with van der Waals surface area (Å²) < 4.78 is 5.17. The SMILES string of the molecule is CCCc1ccccc1NC(C)c1ccc(O)c(OC)c1. The van der Waals surface area contributed by atoms with Gasteiger partial charge in [0.05, 0.1) is 7.11 Å². The molecule has 0 saturated heterocycles. The van der Waals surface area contributed by atoms with Crippen LogP contribution in [0.15, 0.2) is 42.5 Å². The van der Waals surface area contributed by atoms with E-state index >= 15 is 0 Å². The molecule has 3 nitrogen and oxygen atoms in total.